The molecule has 0 atom stereocenters. The van der Waals surface area contributed by atoms with Crippen LogP contribution in [0.15, 0.2) is 30.3 Å². The van der Waals surface area contributed by atoms with Gasteiger partial charge in [0.05, 0.1) is 0 Å². The van der Waals surface area contributed by atoms with Crippen molar-refractivity contribution in [1.29, 1.82) is 0 Å². The SMILES string of the molecule is CCNC(=S)Nc1cccc(C=CC[O])c1. The molecule has 0 aliphatic rings. The molecule has 1 radical (unpaired) electrons. The third kappa shape index (κ3) is 4.42. The number of nitrogens with one attached hydrogen (secondary N) is 2. The standard InChI is InChI=1S/C12H15N2OS/c1-2-13-12(16)14-11-7-3-5-10(9-11)6-4-8-15/h3-7,9H,2,8H2,1H3,(H2,13,14,16). The number of thiocarbonyl (C=S) groups is 1. The molecule has 16 heavy (non-hydrogen) atoms. The predicted octanol–water partition coefficient (Wildman–Crippen LogP) is 2.44. The summed E-state index contributed by atoms with van der Waals surface area (Å²) in [5.41, 5.74) is 1.90. The molecule has 3 nitrogen and oxygen atoms in total. The van der Waals surface area contributed by atoms with Crippen LogP contribution in [0.25, 0.3) is 6.08 Å². The van der Waals surface area contributed by atoms with E-state index in [9.17, 15) is 5.11 Å². The van der Waals surface area contributed by atoms with Gasteiger partial charge in [0.1, 0.15) is 6.61 Å². The van der Waals surface area contributed by atoms with Crippen molar-refractivity contribution in [3.05, 3.63) is 35.9 Å². The average molecular weight is 235 g/mol. The first kappa shape index (κ1) is 12.7. The summed E-state index contributed by atoms with van der Waals surface area (Å²) >= 11 is 5.08. The highest BCUT2D eigenvalue weighted by Crippen LogP contribution is 2.11. The van der Waals surface area contributed by atoms with Crippen LogP contribution >= 0.6 is 12.2 Å². The van der Waals surface area contributed by atoms with E-state index in [0.29, 0.717) is 5.11 Å². The maximum Gasteiger partial charge on any atom is 0.170 e. The van der Waals surface area contributed by atoms with Crippen molar-refractivity contribution in [3.63, 3.8) is 0 Å². The smallest absolute Gasteiger partial charge is 0.170 e. The molecule has 0 bridgehead atoms. The Labute approximate surface area is 101 Å². The summed E-state index contributed by atoms with van der Waals surface area (Å²) in [5, 5.41) is 17.0. The highest BCUT2D eigenvalue weighted by Gasteiger charge is 1.96. The number of rotatable bonds is 4. The van der Waals surface area contributed by atoms with Crippen LogP contribution in [0.2, 0.25) is 0 Å². The molecule has 0 fully saturated rings. The second kappa shape index (κ2) is 6.98. The largest absolute Gasteiger partial charge is 0.363 e. The van der Waals surface area contributed by atoms with Crippen LogP contribution in [0.4, 0.5) is 5.69 Å². The van der Waals surface area contributed by atoms with E-state index in [1.165, 1.54) is 0 Å². The van der Waals surface area contributed by atoms with E-state index in [0.717, 1.165) is 17.8 Å². The summed E-state index contributed by atoms with van der Waals surface area (Å²) in [6.45, 7) is 2.58. The first-order chi connectivity index (χ1) is 7.76. The van der Waals surface area contributed by atoms with Crippen molar-refractivity contribution >= 4 is 29.1 Å². The summed E-state index contributed by atoms with van der Waals surface area (Å²) in [4.78, 5) is 0. The van der Waals surface area contributed by atoms with Crippen LogP contribution in [0, 0.1) is 0 Å². The lowest BCUT2D eigenvalue weighted by atomic mass is 10.2. The number of anilines is 1. The summed E-state index contributed by atoms with van der Waals surface area (Å²) in [6, 6.07) is 7.73. The topological polar surface area (TPSA) is 44.0 Å². The molecular weight excluding hydrogens is 220 g/mol. The van der Waals surface area contributed by atoms with Gasteiger partial charge in [-0.3, -0.25) is 0 Å². The molecule has 0 amide bonds. The molecule has 0 saturated carbocycles. The Balaban J connectivity index is 2.67. The maximum atomic E-state index is 10.3. The molecule has 2 N–H and O–H groups in total. The Morgan fingerprint density at radius 1 is 1.50 bits per heavy atom. The van der Waals surface area contributed by atoms with Gasteiger partial charge in [-0.2, -0.15) is 0 Å². The molecule has 1 aromatic carbocycles. The van der Waals surface area contributed by atoms with Crippen LogP contribution in [0.3, 0.4) is 0 Å². The highest BCUT2D eigenvalue weighted by molar-refractivity contribution is 7.80. The third-order valence-corrected chi connectivity index (χ3v) is 2.13. The zero-order valence-electron chi connectivity index (χ0n) is 9.19. The minimum absolute atomic E-state index is 0.201. The second-order valence-corrected chi connectivity index (χ2v) is 3.59. The second-order valence-electron chi connectivity index (χ2n) is 3.18. The number of hydrogen-bond donors (Lipinski definition) is 2. The molecule has 0 unspecified atom stereocenters. The summed E-state index contributed by atoms with van der Waals surface area (Å²) in [5.74, 6) is 0. The molecule has 1 rings (SSSR count). The van der Waals surface area contributed by atoms with E-state index in [4.69, 9.17) is 12.2 Å². The van der Waals surface area contributed by atoms with Gasteiger partial charge < -0.3 is 10.6 Å². The fourth-order valence-electron chi connectivity index (χ4n) is 1.24. The van der Waals surface area contributed by atoms with Crippen molar-refractivity contribution in [2.24, 2.45) is 0 Å². The Morgan fingerprint density at radius 3 is 3.00 bits per heavy atom. The van der Waals surface area contributed by atoms with Gasteiger partial charge in [-0.25, -0.2) is 5.11 Å². The molecule has 0 spiro atoms. The van der Waals surface area contributed by atoms with Crippen LogP contribution in [0.1, 0.15) is 12.5 Å². The van der Waals surface area contributed by atoms with Gasteiger partial charge in [0.15, 0.2) is 5.11 Å². The Morgan fingerprint density at radius 2 is 2.31 bits per heavy atom. The van der Waals surface area contributed by atoms with Crippen LogP contribution in [-0.2, 0) is 5.11 Å². The first-order valence-corrected chi connectivity index (χ1v) is 5.56. The molecule has 0 aromatic heterocycles. The maximum absolute atomic E-state index is 10.3. The lowest BCUT2D eigenvalue weighted by Gasteiger charge is -2.08. The van der Waals surface area contributed by atoms with E-state index < -0.39 is 0 Å². The van der Waals surface area contributed by atoms with E-state index >= 15 is 0 Å². The lowest BCUT2D eigenvalue weighted by molar-refractivity contribution is 0.233. The van der Waals surface area contributed by atoms with Crippen LogP contribution in [-0.4, -0.2) is 18.3 Å². The third-order valence-electron chi connectivity index (χ3n) is 1.89. The molecule has 0 saturated heterocycles. The Bertz CT molecular complexity index is 377. The molecule has 4 heteroatoms. The highest BCUT2D eigenvalue weighted by atomic mass is 32.1. The summed E-state index contributed by atoms with van der Waals surface area (Å²) < 4.78 is 0. The monoisotopic (exact) mass is 235 g/mol. The lowest BCUT2D eigenvalue weighted by Crippen LogP contribution is -2.27. The van der Waals surface area contributed by atoms with E-state index in [2.05, 4.69) is 10.6 Å². The first-order valence-electron chi connectivity index (χ1n) is 5.16. The predicted molar refractivity (Wildman–Crippen MR) is 70.9 cm³/mol. The Hall–Kier alpha value is -1.39. The van der Waals surface area contributed by atoms with Gasteiger partial charge in [0.25, 0.3) is 0 Å². The zero-order valence-corrected chi connectivity index (χ0v) is 10.0. The average Bonchev–Trinajstić information content (AvgIpc) is 2.27. The fraction of sp³-hybridized carbons (Fsp3) is 0.250. The van der Waals surface area contributed by atoms with Crippen molar-refractivity contribution in [2.45, 2.75) is 6.92 Å². The van der Waals surface area contributed by atoms with Crippen molar-refractivity contribution in [2.75, 3.05) is 18.5 Å². The molecule has 1 aromatic rings. The molecular formula is C12H15N2OS. The summed E-state index contributed by atoms with van der Waals surface area (Å²) in [6.07, 6.45) is 3.39. The molecule has 0 heterocycles. The molecule has 0 aliphatic heterocycles. The summed E-state index contributed by atoms with van der Waals surface area (Å²) in [7, 11) is 0. The quantitative estimate of drug-likeness (QED) is 0.788. The van der Waals surface area contributed by atoms with Crippen molar-refractivity contribution in [3.8, 4) is 0 Å². The van der Waals surface area contributed by atoms with Gasteiger partial charge in [-0.05, 0) is 36.8 Å². The minimum Gasteiger partial charge on any atom is -0.363 e. The normalized spacial score (nSPS) is 10.4. The van der Waals surface area contributed by atoms with Gasteiger partial charge in [0.2, 0.25) is 0 Å². The zero-order chi connectivity index (χ0) is 11.8. The van der Waals surface area contributed by atoms with Crippen molar-refractivity contribution in [1.82, 2.24) is 5.32 Å². The molecule has 85 valence electrons. The number of benzene rings is 1. The number of hydrogen-bond acceptors (Lipinski definition) is 1. The van der Waals surface area contributed by atoms with Gasteiger partial charge in [-0.15, -0.1) is 0 Å². The van der Waals surface area contributed by atoms with E-state index in [1.807, 2.05) is 31.2 Å². The van der Waals surface area contributed by atoms with Crippen molar-refractivity contribution < 1.29 is 5.11 Å². The van der Waals surface area contributed by atoms with E-state index in [1.54, 1.807) is 12.2 Å². The van der Waals surface area contributed by atoms with Crippen LogP contribution in [0.5, 0.6) is 0 Å². The van der Waals surface area contributed by atoms with E-state index in [-0.39, 0.29) is 6.61 Å². The molecule has 0 aliphatic carbocycles. The van der Waals surface area contributed by atoms with Gasteiger partial charge in [-0.1, -0.05) is 24.3 Å². The van der Waals surface area contributed by atoms with Gasteiger partial charge in [0, 0.05) is 12.2 Å². The Kier molecular flexibility index (Phi) is 5.53. The fourth-order valence-corrected chi connectivity index (χ4v) is 1.50. The van der Waals surface area contributed by atoms with Crippen LogP contribution < -0.4 is 10.6 Å². The minimum atomic E-state index is -0.201. The van der Waals surface area contributed by atoms with Gasteiger partial charge >= 0.3 is 0 Å².